The molecular weight excluding hydrogens is 566 g/mol. The standard InChI is InChI=1S/C32H34ClN7O3/c1-4-5-10-27-35-29(33)28(32(34-2,31(42)43-3)19-21-13-17-24(41)18-14-21)40(27)20-22-11-15-23(16-12-22)25-8-6-7-9-26(25)30-36-38-39-37-30/h6-9,11-18,34,41H,4-5,10,19-20H2,1-3H3,(H,36,37,38,39)/t32-/m0/s1. The molecule has 0 aliphatic rings. The molecule has 2 aromatic heterocycles. The summed E-state index contributed by atoms with van der Waals surface area (Å²) in [6.07, 6.45) is 2.84. The zero-order valence-corrected chi connectivity index (χ0v) is 25.1. The van der Waals surface area contributed by atoms with Crippen LogP contribution in [0.15, 0.2) is 72.8 Å². The van der Waals surface area contributed by atoms with Gasteiger partial charge in [0.25, 0.3) is 0 Å². The monoisotopic (exact) mass is 599 g/mol. The molecule has 0 amide bonds. The number of hydrogen-bond donors (Lipinski definition) is 3. The van der Waals surface area contributed by atoms with E-state index in [9.17, 15) is 9.90 Å². The Kier molecular flexibility index (Phi) is 9.18. The highest BCUT2D eigenvalue weighted by molar-refractivity contribution is 6.30. The average molecular weight is 600 g/mol. The number of aromatic hydroxyl groups is 1. The average Bonchev–Trinajstić information content (AvgIpc) is 3.68. The van der Waals surface area contributed by atoms with Crippen molar-refractivity contribution in [3.05, 3.63) is 101 Å². The molecule has 43 heavy (non-hydrogen) atoms. The smallest absolute Gasteiger partial charge is 0.332 e. The van der Waals surface area contributed by atoms with E-state index in [4.69, 9.17) is 21.3 Å². The lowest BCUT2D eigenvalue weighted by Gasteiger charge is -2.32. The molecular formula is C32H34ClN7O3. The van der Waals surface area contributed by atoms with Crippen molar-refractivity contribution in [1.29, 1.82) is 0 Å². The molecule has 0 saturated heterocycles. The lowest BCUT2D eigenvalue weighted by Crippen LogP contribution is -2.51. The molecule has 0 radical (unpaired) electrons. The molecule has 0 spiro atoms. The van der Waals surface area contributed by atoms with Crippen LogP contribution in [0.1, 0.15) is 42.4 Å². The fourth-order valence-corrected chi connectivity index (χ4v) is 5.76. The second-order valence-electron chi connectivity index (χ2n) is 10.3. The number of aryl methyl sites for hydroxylation is 1. The molecule has 0 aliphatic carbocycles. The number of aromatic nitrogens is 6. The van der Waals surface area contributed by atoms with Gasteiger partial charge in [-0.25, -0.2) is 9.78 Å². The molecule has 0 saturated carbocycles. The quantitative estimate of drug-likeness (QED) is 0.164. The second kappa shape index (κ2) is 13.2. The number of H-pyrrole nitrogens is 1. The van der Waals surface area contributed by atoms with E-state index in [-0.39, 0.29) is 17.3 Å². The Labute approximate surface area is 255 Å². The first-order chi connectivity index (χ1) is 20.9. The minimum absolute atomic E-state index is 0.144. The number of likely N-dealkylation sites (N-methyl/N-ethyl adjacent to an activating group) is 1. The van der Waals surface area contributed by atoms with E-state index < -0.39 is 11.5 Å². The number of methoxy groups -OCH3 is 1. The summed E-state index contributed by atoms with van der Waals surface area (Å²) in [6, 6.07) is 22.9. The van der Waals surface area contributed by atoms with Crippen molar-refractivity contribution in [1.82, 2.24) is 35.5 Å². The lowest BCUT2D eigenvalue weighted by molar-refractivity contribution is -0.149. The molecule has 0 bridgehead atoms. The van der Waals surface area contributed by atoms with Crippen LogP contribution in [-0.4, -0.2) is 55.4 Å². The Bertz CT molecular complexity index is 1670. The number of esters is 1. The number of phenolic OH excluding ortho intramolecular Hbond substituents is 1. The normalized spacial score (nSPS) is 12.7. The number of rotatable bonds is 12. The molecule has 0 fully saturated rings. The lowest BCUT2D eigenvalue weighted by atomic mass is 9.87. The number of carbonyl (C=O) groups is 1. The van der Waals surface area contributed by atoms with Crippen molar-refractivity contribution in [2.45, 2.75) is 44.7 Å². The molecule has 5 aromatic rings. The van der Waals surface area contributed by atoms with Gasteiger partial charge in [-0.05, 0) is 53.1 Å². The van der Waals surface area contributed by atoms with Gasteiger partial charge in [0.1, 0.15) is 11.6 Å². The molecule has 5 rings (SSSR count). The van der Waals surface area contributed by atoms with E-state index in [0.717, 1.165) is 46.5 Å². The molecule has 3 aromatic carbocycles. The maximum Gasteiger partial charge on any atom is 0.332 e. The number of unbranched alkanes of at least 4 members (excludes halogenated alkanes) is 1. The molecule has 10 nitrogen and oxygen atoms in total. The molecule has 11 heteroatoms. The highest BCUT2D eigenvalue weighted by Gasteiger charge is 2.45. The van der Waals surface area contributed by atoms with Crippen LogP contribution in [0.4, 0.5) is 0 Å². The number of hydrogen-bond acceptors (Lipinski definition) is 8. The first-order valence-corrected chi connectivity index (χ1v) is 14.5. The summed E-state index contributed by atoms with van der Waals surface area (Å²) in [5, 5.41) is 27.8. The SMILES string of the molecule is CCCCc1nc(Cl)c([C@](Cc2ccc(O)cc2)(NC)C(=O)OC)n1Cc1ccc(-c2ccccc2-c2nn[nH]n2)cc1. The van der Waals surface area contributed by atoms with Crippen molar-refractivity contribution in [2.24, 2.45) is 0 Å². The Morgan fingerprint density at radius 2 is 1.74 bits per heavy atom. The number of benzene rings is 3. The fraction of sp³-hybridized carbons (Fsp3) is 0.281. The zero-order chi connectivity index (χ0) is 30.4. The number of ether oxygens (including phenoxy) is 1. The minimum Gasteiger partial charge on any atom is -0.508 e. The van der Waals surface area contributed by atoms with Gasteiger partial charge in [0.2, 0.25) is 5.82 Å². The number of nitrogens with zero attached hydrogens (tertiary/aromatic N) is 5. The summed E-state index contributed by atoms with van der Waals surface area (Å²) < 4.78 is 7.38. The number of aromatic amines is 1. The molecule has 0 aliphatic heterocycles. The number of carbonyl (C=O) groups excluding carboxylic acids is 1. The maximum absolute atomic E-state index is 13.6. The van der Waals surface area contributed by atoms with E-state index in [2.05, 4.69) is 57.1 Å². The number of phenols is 1. The molecule has 222 valence electrons. The van der Waals surface area contributed by atoms with Crippen LogP contribution in [0.3, 0.4) is 0 Å². The van der Waals surface area contributed by atoms with Crippen LogP contribution in [0.5, 0.6) is 5.75 Å². The second-order valence-corrected chi connectivity index (χ2v) is 10.7. The third-order valence-corrected chi connectivity index (χ3v) is 7.91. The van der Waals surface area contributed by atoms with Crippen LogP contribution < -0.4 is 5.32 Å². The van der Waals surface area contributed by atoms with Gasteiger partial charge in [0.15, 0.2) is 10.7 Å². The van der Waals surface area contributed by atoms with E-state index in [1.165, 1.54) is 7.11 Å². The van der Waals surface area contributed by atoms with Crippen LogP contribution in [0, 0.1) is 0 Å². The van der Waals surface area contributed by atoms with Gasteiger partial charge in [-0.3, -0.25) is 5.32 Å². The Hall–Kier alpha value is -4.54. The largest absolute Gasteiger partial charge is 0.508 e. The zero-order valence-electron chi connectivity index (χ0n) is 24.3. The van der Waals surface area contributed by atoms with E-state index in [0.29, 0.717) is 24.5 Å². The van der Waals surface area contributed by atoms with E-state index in [1.54, 1.807) is 31.3 Å². The molecule has 0 unspecified atom stereocenters. The van der Waals surface area contributed by atoms with Crippen molar-refractivity contribution >= 4 is 17.6 Å². The highest BCUT2D eigenvalue weighted by atomic mass is 35.5. The van der Waals surface area contributed by atoms with Crippen LogP contribution in [-0.2, 0) is 34.5 Å². The van der Waals surface area contributed by atoms with E-state index in [1.807, 2.05) is 28.8 Å². The maximum atomic E-state index is 13.6. The van der Waals surface area contributed by atoms with Gasteiger partial charge < -0.3 is 14.4 Å². The fourth-order valence-electron chi connectivity index (χ4n) is 5.40. The van der Waals surface area contributed by atoms with Gasteiger partial charge in [-0.1, -0.05) is 85.6 Å². The topological polar surface area (TPSA) is 131 Å². The number of nitrogens with one attached hydrogen (secondary N) is 2. The molecule has 2 heterocycles. The third kappa shape index (κ3) is 6.16. The van der Waals surface area contributed by atoms with Gasteiger partial charge in [0, 0.05) is 24.9 Å². The summed E-state index contributed by atoms with van der Waals surface area (Å²) in [4.78, 5) is 18.4. The third-order valence-electron chi connectivity index (χ3n) is 7.65. The first-order valence-electron chi connectivity index (χ1n) is 14.1. The summed E-state index contributed by atoms with van der Waals surface area (Å²) in [7, 11) is 3.08. The van der Waals surface area contributed by atoms with Crippen molar-refractivity contribution < 1.29 is 14.6 Å². The van der Waals surface area contributed by atoms with Gasteiger partial charge >= 0.3 is 5.97 Å². The number of imidazole rings is 1. The molecule has 1 atom stereocenters. The van der Waals surface area contributed by atoms with Gasteiger partial charge in [-0.15, -0.1) is 10.2 Å². The van der Waals surface area contributed by atoms with Crippen molar-refractivity contribution in [3.63, 3.8) is 0 Å². The number of tetrazole rings is 1. The predicted octanol–water partition coefficient (Wildman–Crippen LogP) is 5.31. The van der Waals surface area contributed by atoms with Gasteiger partial charge in [-0.2, -0.15) is 5.21 Å². The number of halogens is 1. The first kappa shape index (κ1) is 29.9. The highest BCUT2D eigenvalue weighted by Crippen LogP contribution is 2.36. The summed E-state index contributed by atoms with van der Waals surface area (Å²) in [5.74, 6) is 0.979. The van der Waals surface area contributed by atoms with Crippen LogP contribution in [0.25, 0.3) is 22.5 Å². The van der Waals surface area contributed by atoms with E-state index >= 15 is 0 Å². The predicted molar refractivity (Wildman–Crippen MR) is 165 cm³/mol. The summed E-state index contributed by atoms with van der Waals surface area (Å²) in [6.45, 7) is 2.56. The Balaban J connectivity index is 1.56. The van der Waals surface area contributed by atoms with Crippen molar-refractivity contribution in [2.75, 3.05) is 14.2 Å². The Morgan fingerprint density at radius 1 is 1.05 bits per heavy atom. The van der Waals surface area contributed by atoms with Crippen LogP contribution >= 0.6 is 11.6 Å². The van der Waals surface area contributed by atoms with Crippen LogP contribution in [0.2, 0.25) is 5.15 Å². The Morgan fingerprint density at radius 3 is 2.37 bits per heavy atom. The molecule has 3 N–H and O–H groups in total. The minimum atomic E-state index is -1.33. The summed E-state index contributed by atoms with van der Waals surface area (Å²) in [5.41, 5.74) is 3.90. The van der Waals surface area contributed by atoms with Crippen molar-refractivity contribution in [3.8, 4) is 28.3 Å². The van der Waals surface area contributed by atoms with Gasteiger partial charge in [0.05, 0.1) is 12.8 Å². The summed E-state index contributed by atoms with van der Waals surface area (Å²) >= 11 is 6.88.